The van der Waals surface area contributed by atoms with Gasteiger partial charge >= 0.3 is 0 Å². The fourth-order valence-corrected chi connectivity index (χ4v) is 0.675. The van der Waals surface area contributed by atoms with Crippen LogP contribution in [0.1, 0.15) is 0 Å². The number of alkyl halides is 1. The molecular weight excluding hydrogens is 194 g/mol. The molecule has 0 amide bonds. The van der Waals surface area contributed by atoms with E-state index in [1.807, 2.05) is 6.07 Å². The maximum atomic E-state index is 8.30. The summed E-state index contributed by atoms with van der Waals surface area (Å²) in [6.07, 6.45) is 0. The zero-order valence-corrected chi connectivity index (χ0v) is 8.42. The molecule has 0 saturated heterocycles. The zero-order chi connectivity index (χ0) is 9.94. The summed E-state index contributed by atoms with van der Waals surface area (Å²) in [6.45, 7) is 2.33. The van der Waals surface area contributed by atoms with Crippen molar-refractivity contribution in [1.82, 2.24) is 0 Å². The summed E-state index contributed by atoms with van der Waals surface area (Å²) in [6, 6.07) is 1.86. The second kappa shape index (κ2) is 9.75. The normalized spacial score (nSPS) is 12.4. The highest BCUT2D eigenvalue weighted by molar-refractivity contribution is 6.22. The number of ether oxygens (including phenoxy) is 3. The average molecular weight is 208 g/mol. The van der Waals surface area contributed by atoms with Gasteiger partial charge in [-0.1, -0.05) is 0 Å². The Hall–Kier alpha value is -0.340. The molecule has 5 heteroatoms. The molecule has 1 unspecified atom stereocenters. The molecule has 0 aliphatic rings. The maximum absolute atomic E-state index is 8.30. The van der Waals surface area contributed by atoms with Crippen LogP contribution in [0.2, 0.25) is 0 Å². The molecule has 13 heavy (non-hydrogen) atoms. The van der Waals surface area contributed by atoms with E-state index in [-0.39, 0.29) is 6.61 Å². The highest BCUT2D eigenvalue weighted by Gasteiger charge is 2.00. The Morgan fingerprint density at radius 2 is 1.85 bits per heavy atom. The lowest BCUT2D eigenvalue weighted by molar-refractivity contribution is 0.0266. The van der Waals surface area contributed by atoms with Crippen molar-refractivity contribution < 1.29 is 14.2 Å². The van der Waals surface area contributed by atoms with E-state index in [4.69, 9.17) is 31.1 Å². The SMILES string of the molecule is COCCOCCOCC(Cl)C#N. The van der Waals surface area contributed by atoms with Crippen molar-refractivity contribution >= 4 is 11.6 Å². The number of methoxy groups -OCH3 is 1. The third-order valence-electron chi connectivity index (χ3n) is 1.21. The molecule has 0 aromatic rings. The largest absolute Gasteiger partial charge is 0.382 e. The lowest BCUT2D eigenvalue weighted by Crippen LogP contribution is -2.12. The van der Waals surface area contributed by atoms with Crippen LogP contribution < -0.4 is 0 Å². The number of rotatable bonds is 8. The van der Waals surface area contributed by atoms with Crippen molar-refractivity contribution in [2.75, 3.05) is 40.1 Å². The van der Waals surface area contributed by atoms with Gasteiger partial charge in [-0.25, -0.2) is 0 Å². The summed E-state index contributed by atoms with van der Waals surface area (Å²) in [7, 11) is 1.62. The molecule has 0 bridgehead atoms. The molecule has 0 N–H and O–H groups in total. The molecule has 1 atom stereocenters. The van der Waals surface area contributed by atoms with Crippen LogP contribution in [-0.4, -0.2) is 45.5 Å². The molecule has 0 saturated carbocycles. The van der Waals surface area contributed by atoms with Gasteiger partial charge in [0, 0.05) is 7.11 Å². The van der Waals surface area contributed by atoms with Crippen LogP contribution in [0.5, 0.6) is 0 Å². The topological polar surface area (TPSA) is 51.5 Å². The van der Waals surface area contributed by atoms with Gasteiger partial charge in [-0.15, -0.1) is 11.6 Å². The number of halogens is 1. The molecule has 0 rings (SSSR count). The fourth-order valence-electron chi connectivity index (χ4n) is 0.586. The van der Waals surface area contributed by atoms with Crippen LogP contribution in [0.3, 0.4) is 0 Å². The molecule has 0 aliphatic carbocycles. The molecule has 0 heterocycles. The first-order valence-electron chi connectivity index (χ1n) is 3.99. The Bertz CT molecular complexity index is 149. The van der Waals surface area contributed by atoms with Crippen molar-refractivity contribution in [1.29, 1.82) is 5.26 Å². The third-order valence-corrected chi connectivity index (χ3v) is 1.43. The van der Waals surface area contributed by atoms with Crippen LogP contribution >= 0.6 is 11.6 Å². The molecular formula is C8H14ClNO3. The summed E-state index contributed by atoms with van der Waals surface area (Å²) in [5, 5.41) is 7.73. The van der Waals surface area contributed by atoms with Crippen molar-refractivity contribution in [3.63, 3.8) is 0 Å². The lowest BCUT2D eigenvalue weighted by Gasteiger charge is -2.04. The van der Waals surface area contributed by atoms with E-state index in [1.165, 1.54) is 0 Å². The minimum absolute atomic E-state index is 0.242. The van der Waals surface area contributed by atoms with E-state index in [1.54, 1.807) is 7.11 Å². The summed E-state index contributed by atoms with van der Waals surface area (Å²) in [5.41, 5.74) is 0. The van der Waals surface area contributed by atoms with Gasteiger partial charge in [0.15, 0.2) is 0 Å². The monoisotopic (exact) mass is 207 g/mol. The van der Waals surface area contributed by atoms with E-state index in [2.05, 4.69) is 0 Å². The summed E-state index contributed by atoms with van der Waals surface area (Å²) in [5.74, 6) is 0. The van der Waals surface area contributed by atoms with Crippen LogP contribution in [0, 0.1) is 11.3 Å². The van der Waals surface area contributed by atoms with Gasteiger partial charge in [0.25, 0.3) is 0 Å². The highest BCUT2D eigenvalue weighted by atomic mass is 35.5. The quantitative estimate of drug-likeness (QED) is 0.436. The van der Waals surface area contributed by atoms with Crippen molar-refractivity contribution in [2.45, 2.75) is 5.38 Å². The standard InChI is InChI=1S/C8H14ClNO3/c1-11-2-3-12-4-5-13-7-8(9)6-10/h8H,2-5,7H2,1H3. The fraction of sp³-hybridized carbons (Fsp3) is 0.875. The molecule has 0 aliphatic heterocycles. The second-order valence-electron chi connectivity index (χ2n) is 2.28. The molecule has 0 aromatic heterocycles. The highest BCUT2D eigenvalue weighted by Crippen LogP contribution is 1.93. The van der Waals surface area contributed by atoms with Crippen LogP contribution in [0.15, 0.2) is 0 Å². The third kappa shape index (κ3) is 9.57. The van der Waals surface area contributed by atoms with Crippen LogP contribution in [-0.2, 0) is 14.2 Å². The first-order chi connectivity index (χ1) is 6.31. The van der Waals surface area contributed by atoms with Gasteiger partial charge in [-0.3, -0.25) is 0 Å². The minimum Gasteiger partial charge on any atom is -0.382 e. The van der Waals surface area contributed by atoms with E-state index >= 15 is 0 Å². The van der Waals surface area contributed by atoms with E-state index < -0.39 is 5.38 Å². The number of hydrogen-bond donors (Lipinski definition) is 0. The van der Waals surface area contributed by atoms with E-state index in [0.29, 0.717) is 26.4 Å². The number of nitrogens with zero attached hydrogens (tertiary/aromatic N) is 1. The van der Waals surface area contributed by atoms with Crippen LogP contribution in [0.4, 0.5) is 0 Å². The van der Waals surface area contributed by atoms with E-state index in [9.17, 15) is 0 Å². The number of nitriles is 1. The Morgan fingerprint density at radius 3 is 2.46 bits per heavy atom. The number of hydrogen-bond acceptors (Lipinski definition) is 4. The van der Waals surface area contributed by atoms with Gasteiger partial charge in [0.1, 0.15) is 5.38 Å². The van der Waals surface area contributed by atoms with Crippen LogP contribution in [0.25, 0.3) is 0 Å². The Balaban J connectivity index is 2.96. The zero-order valence-electron chi connectivity index (χ0n) is 7.66. The van der Waals surface area contributed by atoms with E-state index in [0.717, 1.165) is 0 Å². The first-order valence-corrected chi connectivity index (χ1v) is 4.43. The summed E-state index contributed by atoms with van der Waals surface area (Å²) < 4.78 is 14.9. The average Bonchev–Trinajstić information content (AvgIpc) is 2.16. The molecule has 0 fully saturated rings. The Labute approximate surface area is 83.3 Å². The summed E-state index contributed by atoms with van der Waals surface area (Å²) in [4.78, 5) is 0. The molecule has 76 valence electrons. The van der Waals surface area contributed by atoms with Gasteiger partial charge in [0.2, 0.25) is 0 Å². The Morgan fingerprint density at radius 1 is 1.23 bits per heavy atom. The van der Waals surface area contributed by atoms with Crippen molar-refractivity contribution in [2.24, 2.45) is 0 Å². The predicted molar refractivity (Wildman–Crippen MR) is 48.8 cm³/mol. The van der Waals surface area contributed by atoms with Crippen molar-refractivity contribution in [3.8, 4) is 6.07 Å². The minimum atomic E-state index is -0.570. The smallest absolute Gasteiger partial charge is 0.143 e. The molecule has 4 nitrogen and oxygen atoms in total. The van der Waals surface area contributed by atoms with Gasteiger partial charge < -0.3 is 14.2 Å². The van der Waals surface area contributed by atoms with Gasteiger partial charge in [0.05, 0.1) is 39.1 Å². The Kier molecular flexibility index (Phi) is 9.49. The summed E-state index contributed by atoms with van der Waals surface area (Å²) >= 11 is 5.48. The lowest BCUT2D eigenvalue weighted by atomic mass is 10.5. The predicted octanol–water partition coefficient (Wildman–Crippen LogP) is 0.797. The molecule has 0 spiro atoms. The van der Waals surface area contributed by atoms with Crippen molar-refractivity contribution in [3.05, 3.63) is 0 Å². The second-order valence-corrected chi connectivity index (χ2v) is 2.80. The molecule has 0 radical (unpaired) electrons. The molecule has 0 aromatic carbocycles. The van der Waals surface area contributed by atoms with Gasteiger partial charge in [-0.05, 0) is 0 Å². The van der Waals surface area contributed by atoms with Gasteiger partial charge in [-0.2, -0.15) is 5.26 Å². The maximum Gasteiger partial charge on any atom is 0.143 e. The first kappa shape index (κ1) is 12.7.